The van der Waals surface area contributed by atoms with Crippen LogP contribution in [0.15, 0.2) is 24.3 Å². The van der Waals surface area contributed by atoms with E-state index in [0.29, 0.717) is 5.38 Å². The summed E-state index contributed by atoms with van der Waals surface area (Å²) in [5.41, 5.74) is 1.38. The molecular weight excluding hydrogens is 232 g/mol. The van der Waals surface area contributed by atoms with Gasteiger partial charge in [0.05, 0.1) is 7.11 Å². The third-order valence-corrected chi connectivity index (χ3v) is 3.43. The van der Waals surface area contributed by atoms with Gasteiger partial charge in [-0.15, -0.1) is 11.6 Å². The normalized spacial score (nSPS) is 12.4. The highest BCUT2D eigenvalue weighted by Gasteiger charge is 2.02. The Hall–Kier alpha value is -0.690. The van der Waals surface area contributed by atoms with Crippen molar-refractivity contribution in [2.45, 2.75) is 50.8 Å². The zero-order chi connectivity index (χ0) is 12.5. The number of hydrogen-bond acceptors (Lipinski definition) is 1. The van der Waals surface area contributed by atoms with Crippen LogP contribution in [-0.4, -0.2) is 12.5 Å². The van der Waals surface area contributed by atoms with Crippen LogP contribution in [-0.2, 0) is 6.42 Å². The van der Waals surface area contributed by atoms with Crippen molar-refractivity contribution in [2.24, 2.45) is 0 Å². The van der Waals surface area contributed by atoms with Crippen molar-refractivity contribution in [1.82, 2.24) is 0 Å². The molecule has 0 saturated carbocycles. The maximum atomic E-state index is 6.19. The van der Waals surface area contributed by atoms with Crippen molar-refractivity contribution in [1.29, 1.82) is 0 Å². The minimum atomic E-state index is 0.371. The Kier molecular flexibility index (Phi) is 7.11. The molecule has 0 heterocycles. The van der Waals surface area contributed by atoms with Crippen molar-refractivity contribution in [3.05, 3.63) is 29.8 Å². The molecule has 1 rings (SSSR count). The Balaban J connectivity index is 2.17. The second-order valence-corrected chi connectivity index (χ2v) is 5.10. The molecule has 2 heteroatoms. The number of halogens is 1. The van der Waals surface area contributed by atoms with Crippen LogP contribution >= 0.6 is 11.6 Å². The predicted molar refractivity (Wildman–Crippen MR) is 75.1 cm³/mol. The van der Waals surface area contributed by atoms with Gasteiger partial charge in [-0.05, 0) is 43.4 Å². The van der Waals surface area contributed by atoms with E-state index in [-0.39, 0.29) is 0 Å². The number of benzene rings is 1. The van der Waals surface area contributed by atoms with Gasteiger partial charge in [0.2, 0.25) is 0 Å². The summed E-state index contributed by atoms with van der Waals surface area (Å²) in [6.45, 7) is 2.19. The molecule has 0 fully saturated rings. The second kappa shape index (κ2) is 8.41. The van der Waals surface area contributed by atoms with Crippen LogP contribution in [0.5, 0.6) is 5.75 Å². The Morgan fingerprint density at radius 1 is 1.12 bits per heavy atom. The molecule has 0 spiro atoms. The lowest BCUT2D eigenvalue weighted by atomic mass is 10.0. The van der Waals surface area contributed by atoms with Gasteiger partial charge >= 0.3 is 0 Å². The molecule has 0 amide bonds. The number of rotatable bonds is 8. The molecular formula is C15H23ClO. The number of alkyl halides is 1. The minimum absolute atomic E-state index is 0.371. The molecule has 0 N–H and O–H groups in total. The van der Waals surface area contributed by atoms with Gasteiger partial charge in [0.15, 0.2) is 0 Å². The first-order valence-electron chi connectivity index (χ1n) is 6.53. The number of methoxy groups -OCH3 is 1. The van der Waals surface area contributed by atoms with Crippen LogP contribution in [0.2, 0.25) is 0 Å². The average molecular weight is 255 g/mol. The van der Waals surface area contributed by atoms with E-state index in [4.69, 9.17) is 16.3 Å². The van der Waals surface area contributed by atoms with Gasteiger partial charge in [-0.2, -0.15) is 0 Å². The molecule has 0 aliphatic carbocycles. The zero-order valence-electron chi connectivity index (χ0n) is 10.9. The number of hydrogen-bond donors (Lipinski definition) is 0. The Labute approximate surface area is 110 Å². The van der Waals surface area contributed by atoms with E-state index >= 15 is 0 Å². The minimum Gasteiger partial charge on any atom is -0.497 e. The molecule has 0 aliphatic rings. The van der Waals surface area contributed by atoms with E-state index in [1.54, 1.807) is 7.11 Å². The molecule has 1 unspecified atom stereocenters. The first kappa shape index (κ1) is 14.4. The first-order chi connectivity index (χ1) is 8.26. The number of ether oxygens (including phenoxy) is 1. The number of aryl methyl sites for hydroxylation is 1. The molecule has 1 aromatic carbocycles. The second-order valence-electron chi connectivity index (χ2n) is 4.48. The van der Waals surface area contributed by atoms with Gasteiger partial charge in [0.25, 0.3) is 0 Å². The van der Waals surface area contributed by atoms with Gasteiger partial charge in [-0.3, -0.25) is 0 Å². The van der Waals surface area contributed by atoms with Crippen LogP contribution in [0.1, 0.15) is 44.6 Å². The van der Waals surface area contributed by atoms with Crippen LogP contribution in [0.4, 0.5) is 0 Å². The third-order valence-electron chi connectivity index (χ3n) is 2.99. The van der Waals surface area contributed by atoms with Crippen molar-refractivity contribution < 1.29 is 4.74 Å². The quantitative estimate of drug-likeness (QED) is 0.478. The largest absolute Gasteiger partial charge is 0.497 e. The van der Waals surface area contributed by atoms with Crippen LogP contribution in [0.3, 0.4) is 0 Å². The van der Waals surface area contributed by atoms with Gasteiger partial charge in [0, 0.05) is 5.38 Å². The van der Waals surface area contributed by atoms with E-state index in [1.807, 2.05) is 12.1 Å². The molecule has 0 saturated heterocycles. The lowest BCUT2D eigenvalue weighted by Crippen LogP contribution is -1.97. The zero-order valence-corrected chi connectivity index (χ0v) is 11.7. The molecule has 0 aromatic heterocycles. The summed E-state index contributed by atoms with van der Waals surface area (Å²) in [5, 5.41) is 0.371. The van der Waals surface area contributed by atoms with Crippen molar-refractivity contribution >= 4 is 11.6 Å². The molecule has 96 valence electrons. The summed E-state index contributed by atoms with van der Waals surface area (Å²) in [4.78, 5) is 0. The fourth-order valence-electron chi connectivity index (χ4n) is 1.94. The molecule has 1 aromatic rings. The molecule has 17 heavy (non-hydrogen) atoms. The lowest BCUT2D eigenvalue weighted by Gasteiger charge is -2.07. The van der Waals surface area contributed by atoms with E-state index in [9.17, 15) is 0 Å². The monoisotopic (exact) mass is 254 g/mol. The summed E-state index contributed by atoms with van der Waals surface area (Å²) in [7, 11) is 1.70. The molecule has 1 atom stereocenters. The fourth-order valence-corrected chi connectivity index (χ4v) is 2.32. The van der Waals surface area contributed by atoms with Gasteiger partial charge in [0.1, 0.15) is 5.75 Å². The number of unbranched alkanes of at least 4 members (excludes halogenated alkanes) is 1. The molecule has 0 aliphatic heterocycles. The summed E-state index contributed by atoms with van der Waals surface area (Å²) in [6, 6.07) is 8.33. The Morgan fingerprint density at radius 2 is 1.82 bits per heavy atom. The third kappa shape index (κ3) is 5.97. The Bertz CT molecular complexity index is 294. The highest BCUT2D eigenvalue weighted by Crippen LogP contribution is 2.16. The van der Waals surface area contributed by atoms with Gasteiger partial charge < -0.3 is 4.74 Å². The van der Waals surface area contributed by atoms with Crippen molar-refractivity contribution in [3.63, 3.8) is 0 Å². The predicted octanol–water partition coefficient (Wildman–Crippen LogP) is 4.82. The van der Waals surface area contributed by atoms with E-state index < -0.39 is 0 Å². The van der Waals surface area contributed by atoms with Gasteiger partial charge in [-0.25, -0.2) is 0 Å². The maximum absolute atomic E-state index is 6.19. The lowest BCUT2D eigenvalue weighted by molar-refractivity contribution is 0.414. The van der Waals surface area contributed by atoms with Crippen molar-refractivity contribution in [3.8, 4) is 5.75 Å². The standard InChI is InChI=1S/C15H23ClO/c1-3-6-14(16)8-5-4-7-13-9-11-15(17-2)12-10-13/h9-12,14H,3-8H2,1-2H3. The van der Waals surface area contributed by atoms with Gasteiger partial charge in [-0.1, -0.05) is 31.9 Å². The summed E-state index contributed by atoms with van der Waals surface area (Å²) < 4.78 is 5.14. The average Bonchev–Trinajstić information content (AvgIpc) is 2.36. The fraction of sp³-hybridized carbons (Fsp3) is 0.600. The van der Waals surface area contributed by atoms with Crippen LogP contribution in [0, 0.1) is 0 Å². The van der Waals surface area contributed by atoms with E-state index in [2.05, 4.69) is 19.1 Å². The molecule has 1 nitrogen and oxygen atoms in total. The highest BCUT2D eigenvalue weighted by atomic mass is 35.5. The molecule has 0 radical (unpaired) electrons. The van der Waals surface area contributed by atoms with E-state index in [1.165, 1.54) is 24.8 Å². The SMILES string of the molecule is CCCC(Cl)CCCCc1ccc(OC)cc1. The first-order valence-corrected chi connectivity index (χ1v) is 6.97. The topological polar surface area (TPSA) is 9.23 Å². The maximum Gasteiger partial charge on any atom is 0.118 e. The Morgan fingerprint density at radius 3 is 2.41 bits per heavy atom. The summed E-state index contributed by atoms with van der Waals surface area (Å²) in [6.07, 6.45) is 7.06. The van der Waals surface area contributed by atoms with Crippen molar-refractivity contribution in [2.75, 3.05) is 7.11 Å². The van der Waals surface area contributed by atoms with Crippen LogP contribution in [0.25, 0.3) is 0 Å². The summed E-state index contributed by atoms with van der Waals surface area (Å²) >= 11 is 6.19. The smallest absolute Gasteiger partial charge is 0.118 e. The summed E-state index contributed by atoms with van der Waals surface area (Å²) in [5.74, 6) is 0.928. The molecule has 0 bridgehead atoms. The van der Waals surface area contributed by atoms with Crippen LogP contribution < -0.4 is 4.74 Å². The van der Waals surface area contributed by atoms with E-state index in [0.717, 1.165) is 25.0 Å². The highest BCUT2D eigenvalue weighted by molar-refractivity contribution is 6.20.